The quantitative estimate of drug-likeness (QED) is 0.780. The lowest BCUT2D eigenvalue weighted by Gasteiger charge is -2.40. The number of hydrogen-bond donors (Lipinski definition) is 1. The Labute approximate surface area is 97.9 Å². The zero-order valence-electron chi connectivity index (χ0n) is 9.10. The van der Waals surface area contributed by atoms with Gasteiger partial charge in [-0.05, 0) is 24.7 Å². The molecule has 0 radical (unpaired) electrons. The molecule has 84 valence electrons. The second-order valence-electron chi connectivity index (χ2n) is 5.52. The summed E-state index contributed by atoms with van der Waals surface area (Å²) < 4.78 is -0.383. The number of primary amides is 1. The lowest BCUT2D eigenvalue weighted by molar-refractivity contribution is -0.134. The van der Waals surface area contributed by atoms with E-state index in [1.807, 2.05) is 13.8 Å². The van der Waals surface area contributed by atoms with Crippen molar-refractivity contribution in [2.24, 2.45) is 16.6 Å². The topological polar surface area (TPSA) is 60.2 Å². The van der Waals surface area contributed by atoms with Crippen LogP contribution in [0, 0.1) is 10.8 Å². The number of halogens is 1. The van der Waals surface area contributed by atoms with Gasteiger partial charge in [0.05, 0.1) is 4.32 Å². The number of rotatable bonds is 2. The predicted octanol–water partition coefficient (Wildman–Crippen LogP) is 1.77. The van der Waals surface area contributed by atoms with E-state index in [9.17, 15) is 9.59 Å². The number of nitrogens with two attached hydrogens (primary N) is 1. The molecule has 15 heavy (non-hydrogen) atoms. The molecular weight excluding hydrogens is 258 g/mol. The second kappa shape index (κ2) is 2.84. The average Bonchev–Trinajstić information content (AvgIpc) is 2.48. The van der Waals surface area contributed by atoms with Gasteiger partial charge in [-0.3, -0.25) is 9.59 Å². The Kier molecular flexibility index (Phi) is 2.11. The Hall–Kier alpha value is -0.380. The van der Waals surface area contributed by atoms with Crippen molar-refractivity contribution in [3.05, 3.63) is 0 Å². The Morgan fingerprint density at radius 1 is 1.47 bits per heavy atom. The van der Waals surface area contributed by atoms with Crippen molar-refractivity contribution < 1.29 is 9.59 Å². The molecule has 3 nitrogen and oxygen atoms in total. The summed E-state index contributed by atoms with van der Waals surface area (Å²) >= 11 is 3.55. The van der Waals surface area contributed by atoms with Gasteiger partial charge in [0.1, 0.15) is 0 Å². The summed E-state index contributed by atoms with van der Waals surface area (Å²) in [5, 5.41) is 0. The smallest absolute Gasteiger partial charge is 0.218 e. The number of hydrogen-bond acceptors (Lipinski definition) is 2. The van der Waals surface area contributed by atoms with E-state index in [2.05, 4.69) is 15.9 Å². The van der Waals surface area contributed by atoms with Crippen molar-refractivity contribution in [2.45, 2.75) is 43.9 Å². The van der Waals surface area contributed by atoms with Gasteiger partial charge in [-0.2, -0.15) is 0 Å². The van der Waals surface area contributed by atoms with Crippen LogP contribution >= 0.6 is 15.9 Å². The molecule has 1 amide bonds. The average molecular weight is 274 g/mol. The summed E-state index contributed by atoms with van der Waals surface area (Å²) in [4.78, 5) is 23.3. The second-order valence-corrected chi connectivity index (χ2v) is 7.04. The number of amides is 1. The van der Waals surface area contributed by atoms with Crippen LogP contribution < -0.4 is 5.73 Å². The molecule has 2 atom stereocenters. The number of carbonyl (C=O) groups excluding carboxylic acids is 2. The predicted molar refractivity (Wildman–Crippen MR) is 60.5 cm³/mol. The summed E-state index contributed by atoms with van der Waals surface area (Å²) in [6.07, 6.45) is 2.84. The van der Waals surface area contributed by atoms with Crippen molar-refractivity contribution in [2.75, 3.05) is 0 Å². The van der Waals surface area contributed by atoms with Gasteiger partial charge in [-0.15, -0.1) is 0 Å². The summed E-state index contributed by atoms with van der Waals surface area (Å²) in [5.74, 6) is -0.0583. The molecule has 0 aliphatic heterocycles. The van der Waals surface area contributed by atoms with E-state index >= 15 is 0 Å². The minimum absolute atomic E-state index is 0.209. The van der Waals surface area contributed by atoms with Gasteiger partial charge in [-0.1, -0.05) is 29.8 Å². The molecule has 2 bridgehead atoms. The highest BCUT2D eigenvalue weighted by atomic mass is 79.9. The third kappa shape index (κ3) is 1.23. The van der Waals surface area contributed by atoms with Crippen molar-refractivity contribution in [1.29, 1.82) is 0 Å². The van der Waals surface area contributed by atoms with Crippen molar-refractivity contribution in [1.82, 2.24) is 0 Å². The van der Waals surface area contributed by atoms with E-state index in [0.29, 0.717) is 6.42 Å². The Bertz CT molecular complexity index is 352. The number of alkyl halides is 1. The first-order valence-electron chi connectivity index (χ1n) is 5.26. The van der Waals surface area contributed by atoms with Gasteiger partial charge >= 0.3 is 0 Å². The zero-order valence-corrected chi connectivity index (χ0v) is 10.7. The van der Waals surface area contributed by atoms with Gasteiger partial charge in [-0.25, -0.2) is 0 Å². The molecule has 2 rings (SSSR count). The molecular formula is C11H16BrNO2. The number of Topliss-reactive ketones (excluding diaryl/α,β-unsaturated/α-hetero) is 1. The molecule has 0 heterocycles. The van der Waals surface area contributed by atoms with E-state index in [1.165, 1.54) is 0 Å². The van der Waals surface area contributed by atoms with Gasteiger partial charge in [0.25, 0.3) is 0 Å². The Balaban J connectivity index is 2.42. The SMILES string of the molecule is CC1(C)C(=O)[C@]2(Br)CC[C@@]1(CC(N)=O)C2. The molecule has 2 saturated carbocycles. The van der Waals surface area contributed by atoms with Gasteiger partial charge < -0.3 is 5.73 Å². The maximum Gasteiger partial charge on any atom is 0.218 e. The molecule has 0 saturated heterocycles. The third-order valence-corrected chi connectivity index (χ3v) is 5.47. The maximum absolute atomic E-state index is 12.2. The fourth-order valence-electron chi connectivity index (χ4n) is 3.38. The zero-order chi connectivity index (χ0) is 11.5. The normalized spacial score (nSPS) is 42.2. The van der Waals surface area contributed by atoms with E-state index in [4.69, 9.17) is 5.73 Å². The van der Waals surface area contributed by atoms with Gasteiger partial charge in [0.2, 0.25) is 5.91 Å². The fourth-order valence-corrected chi connectivity index (χ4v) is 4.61. The first kappa shape index (κ1) is 11.1. The molecule has 2 aliphatic carbocycles. The minimum atomic E-state index is -0.427. The molecule has 0 aromatic rings. The lowest BCUT2D eigenvalue weighted by Crippen LogP contribution is -2.44. The van der Waals surface area contributed by atoms with Crippen LogP contribution in [0.25, 0.3) is 0 Å². The molecule has 2 fully saturated rings. The third-order valence-electron chi connectivity index (χ3n) is 4.43. The van der Waals surface area contributed by atoms with Crippen LogP contribution in [0.2, 0.25) is 0 Å². The lowest BCUT2D eigenvalue weighted by atomic mass is 9.63. The first-order chi connectivity index (χ1) is 6.74. The van der Waals surface area contributed by atoms with Crippen molar-refractivity contribution >= 4 is 27.6 Å². The molecule has 0 unspecified atom stereocenters. The number of carbonyl (C=O) groups is 2. The largest absolute Gasteiger partial charge is 0.370 e. The van der Waals surface area contributed by atoms with E-state index in [1.54, 1.807) is 0 Å². The van der Waals surface area contributed by atoms with Crippen molar-refractivity contribution in [3.63, 3.8) is 0 Å². The monoisotopic (exact) mass is 273 g/mol. The Morgan fingerprint density at radius 2 is 2.07 bits per heavy atom. The number of fused-ring (bicyclic) bond motifs is 2. The molecule has 0 aromatic heterocycles. The molecule has 0 spiro atoms. The Morgan fingerprint density at radius 3 is 2.47 bits per heavy atom. The van der Waals surface area contributed by atoms with Crippen LogP contribution in [0.3, 0.4) is 0 Å². The van der Waals surface area contributed by atoms with Crippen molar-refractivity contribution in [3.8, 4) is 0 Å². The molecule has 2 aliphatic rings. The van der Waals surface area contributed by atoms with Crippen LogP contribution in [-0.2, 0) is 9.59 Å². The summed E-state index contributed by atoms with van der Waals surface area (Å²) in [5.41, 5.74) is 4.66. The van der Waals surface area contributed by atoms with E-state index in [0.717, 1.165) is 19.3 Å². The van der Waals surface area contributed by atoms with Crippen LogP contribution in [0.5, 0.6) is 0 Å². The summed E-state index contributed by atoms with van der Waals surface area (Å²) in [7, 11) is 0. The highest BCUT2D eigenvalue weighted by Gasteiger charge is 2.68. The highest BCUT2D eigenvalue weighted by Crippen LogP contribution is 2.67. The van der Waals surface area contributed by atoms with E-state index in [-0.39, 0.29) is 21.4 Å². The summed E-state index contributed by atoms with van der Waals surface area (Å²) in [6.45, 7) is 3.89. The number of ketones is 1. The van der Waals surface area contributed by atoms with Crippen LogP contribution in [0.4, 0.5) is 0 Å². The van der Waals surface area contributed by atoms with E-state index < -0.39 is 5.41 Å². The first-order valence-corrected chi connectivity index (χ1v) is 6.05. The molecule has 2 N–H and O–H groups in total. The summed E-state index contributed by atoms with van der Waals surface area (Å²) in [6, 6.07) is 0. The van der Waals surface area contributed by atoms with Gasteiger partial charge in [0.15, 0.2) is 5.78 Å². The fraction of sp³-hybridized carbons (Fsp3) is 0.818. The standard InChI is InChI=1S/C11H16BrNO2/c1-9(2)8(15)11(12)4-3-10(9,6-11)5-7(13)14/h3-6H2,1-2H3,(H2,13,14)/t10-,11+/m1/s1. The molecule has 0 aromatic carbocycles. The minimum Gasteiger partial charge on any atom is -0.370 e. The van der Waals surface area contributed by atoms with Crippen LogP contribution in [0.1, 0.15) is 39.5 Å². The van der Waals surface area contributed by atoms with Crippen LogP contribution in [0.15, 0.2) is 0 Å². The van der Waals surface area contributed by atoms with Crippen LogP contribution in [-0.4, -0.2) is 16.0 Å². The molecule has 4 heteroatoms. The highest BCUT2D eigenvalue weighted by molar-refractivity contribution is 9.10. The maximum atomic E-state index is 12.2. The van der Waals surface area contributed by atoms with Gasteiger partial charge in [0, 0.05) is 11.8 Å².